The van der Waals surface area contributed by atoms with Crippen molar-refractivity contribution in [3.8, 4) is 0 Å². The van der Waals surface area contributed by atoms with Crippen LogP contribution in [0.1, 0.15) is 42.4 Å². The van der Waals surface area contributed by atoms with E-state index in [0.29, 0.717) is 5.92 Å². The van der Waals surface area contributed by atoms with E-state index in [1.165, 1.54) is 29.5 Å². The Morgan fingerprint density at radius 2 is 1.83 bits per heavy atom. The van der Waals surface area contributed by atoms with E-state index < -0.39 is 0 Å². The topological polar surface area (TPSA) is 115 Å². The Labute approximate surface area is 138 Å². The summed E-state index contributed by atoms with van der Waals surface area (Å²) in [6.45, 7) is 4.29. The highest BCUT2D eigenvalue weighted by molar-refractivity contribution is 5.81. The summed E-state index contributed by atoms with van der Waals surface area (Å²) >= 11 is 0. The van der Waals surface area contributed by atoms with Crippen LogP contribution in [0.2, 0.25) is 0 Å². The molecule has 0 amide bonds. The molecule has 1 aromatic carbocycles. The number of hydrogen-bond acceptors (Lipinski definition) is 2. The SMILES string of the molecule is Cc1cc(C)cc(CCC[C@@H](N=C(N)NN=C(N)N)C2CC2)c1. The standard InChI is InChI=1S/C17H28N6/c1-11-8-12(2)10-13(9-11)4-3-5-15(14-6-7-14)21-17(20)23-22-16(18)19/h8-10,14-15H,3-7H2,1-2H3,(H4,18,19,22)(H3,20,21,23)/t15-/m1/s1. The van der Waals surface area contributed by atoms with Gasteiger partial charge < -0.3 is 17.2 Å². The molecule has 6 heteroatoms. The van der Waals surface area contributed by atoms with Crippen molar-refractivity contribution in [3.63, 3.8) is 0 Å². The molecule has 0 radical (unpaired) electrons. The average Bonchev–Trinajstić information content (AvgIpc) is 3.27. The van der Waals surface area contributed by atoms with Gasteiger partial charge in [-0.2, -0.15) is 0 Å². The number of nitrogens with zero attached hydrogens (tertiary/aromatic N) is 2. The van der Waals surface area contributed by atoms with E-state index in [1.54, 1.807) is 0 Å². The number of rotatable bonds is 7. The maximum atomic E-state index is 5.83. The Morgan fingerprint density at radius 3 is 2.39 bits per heavy atom. The molecule has 1 fully saturated rings. The minimum Gasteiger partial charge on any atom is -0.369 e. The van der Waals surface area contributed by atoms with Gasteiger partial charge in [-0.1, -0.05) is 29.3 Å². The van der Waals surface area contributed by atoms with Crippen molar-refractivity contribution in [2.24, 2.45) is 33.2 Å². The number of aliphatic imine (C=N–C) groups is 1. The van der Waals surface area contributed by atoms with Crippen molar-refractivity contribution in [2.75, 3.05) is 0 Å². The third-order valence-electron chi connectivity index (χ3n) is 4.02. The minimum atomic E-state index is -0.0547. The molecule has 0 unspecified atom stereocenters. The number of aryl methyl sites for hydroxylation is 3. The van der Waals surface area contributed by atoms with Crippen LogP contribution in [0.4, 0.5) is 0 Å². The van der Waals surface area contributed by atoms with Crippen LogP contribution in [0.25, 0.3) is 0 Å². The molecule has 23 heavy (non-hydrogen) atoms. The smallest absolute Gasteiger partial charge is 0.209 e. The Kier molecular flexibility index (Phi) is 5.84. The van der Waals surface area contributed by atoms with Gasteiger partial charge in [0.05, 0.1) is 6.04 Å². The lowest BCUT2D eigenvalue weighted by Gasteiger charge is -2.13. The monoisotopic (exact) mass is 316 g/mol. The second kappa shape index (κ2) is 7.85. The number of hydrazone groups is 1. The third kappa shape index (κ3) is 6.18. The molecule has 0 aromatic heterocycles. The molecule has 6 nitrogen and oxygen atoms in total. The average molecular weight is 316 g/mol. The molecule has 2 rings (SSSR count). The van der Waals surface area contributed by atoms with E-state index in [2.05, 4.69) is 47.6 Å². The van der Waals surface area contributed by atoms with Gasteiger partial charge in [0.15, 0.2) is 0 Å². The van der Waals surface area contributed by atoms with Crippen LogP contribution in [0.5, 0.6) is 0 Å². The second-order valence-electron chi connectivity index (χ2n) is 6.46. The van der Waals surface area contributed by atoms with E-state index in [1.807, 2.05) is 0 Å². The van der Waals surface area contributed by atoms with Gasteiger partial charge in [-0.15, -0.1) is 5.10 Å². The highest BCUT2D eigenvalue weighted by Gasteiger charge is 2.30. The largest absolute Gasteiger partial charge is 0.369 e. The van der Waals surface area contributed by atoms with Crippen molar-refractivity contribution >= 4 is 11.9 Å². The summed E-state index contributed by atoms with van der Waals surface area (Å²) in [6.07, 6.45) is 5.66. The summed E-state index contributed by atoms with van der Waals surface area (Å²) in [5, 5.41) is 3.67. The highest BCUT2D eigenvalue weighted by Crippen LogP contribution is 2.36. The van der Waals surface area contributed by atoms with Gasteiger partial charge >= 0.3 is 0 Å². The van der Waals surface area contributed by atoms with Gasteiger partial charge in [0.2, 0.25) is 11.9 Å². The van der Waals surface area contributed by atoms with E-state index in [4.69, 9.17) is 17.2 Å². The lowest BCUT2D eigenvalue weighted by molar-refractivity contribution is 0.528. The molecule has 1 saturated carbocycles. The Balaban J connectivity index is 1.87. The first-order valence-corrected chi connectivity index (χ1v) is 8.19. The lowest BCUT2D eigenvalue weighted by atomic mass is 9.99. The predicted octanol–water partition coefficient (Wildman–Crippen LogP) is 1.50. The Bertz CT molecular complexity index is 564. The zero-order valence-electron chi connectivity index (χ0n) is 14.0. The first kappa shape index (κ1) is 17.1. The first-order chi connectivity index (χ1) is 10.9. The summed E-state index contributed by atoms with van der Waals surface area (Å²) in [7, 11) is 0. The summed E-state index contributed by atoms with van der Waals surface area (Å²) in [6, 6.07) is 6.98. The van der Waals surface area contributed by atoms with E-state index in [0.717, 1.165) is 19.3 Å². The van der Waals surface area contributed by atoms with Crippen molar-refractivity contribution in [2.45, 2.75) is 52.0 Å². The zero-order valence-corrected chi connectivity index (χ0v) is 14.0. The van der Waals surface area contributed by atoms with Crippen LogP contribution < -0.4 is 22.6 Å². The predicted molar refractivity (Wildman–Crippen MR) is 95.9 cm³/mol. The molecule has 0 aliphatic heterocycles. The molecule has 1 aliphatic carbocycles. The summed E-state index contributed by atoms with van der Waals surface area (Å²) in [5.41, 5.74) is 23.0. The molecular formula is C17H28N6. The lowest BCUT2D eigenvalue weighted by Crippen LogP contribution is -2.34. The fourth-order valence-electron chi connectivity index (χ4n) is 2.94. The van der Waals surface area contributed by atoms with Crippen molar-refractivity contribution in [1.29, 1.82) is 0 Å². The first-order valence-electron chi connectivity index (χ1n) is 8.19. The van der Waals surface area contributed by atoms with Crippen LogP contribution in [-0.4, -0.2) is 18.0 Å². The number of guanidine groups is 2. The number of hydrogen-bond donors (Lipinski definition) is 4. The number of benzene rings is 1. The van der Waals surface area contributed by atoms with E-state index in [9.17, 15) is 0 Å². The highest BCUT2D eigenvalue weighted by atomic mass is 15.4. The van der Waals surface area contributed by atoms with Crippen molar-refractivity contribution in [3.05, 3.63) is 34.9 Å². The van der Waals surface area contributed by atoms with Crippen molar-refractivity contribution in [1.82, 2.24) is 5.43 Å². The summed E-state index contributed by atoms with van der Waals surface area (Å²) < 4.78 is 0. The van der Waals surface area contributed by atoms with Crippen LogP contribution in [0.3, 0.4) is 0 Å². The van der Waals surface area contributed by atoms with Gasteiger partial charge in [-0.05, 0) is 57.4 Å². The molecule has 0 heterocycles. The maximum Gasteiger partial charge on any atom is 0.209 e. The van der Waals surface area contributed by atoms with Crippen LogP contribution >= 0.6 is 0 Å². The fraction of sp³-hybridized carbons (Fsp3) is 0.529. The molecule has 1 aliphatic rings. The van der Waals surface area contributed by atoms with Crippen LogP contribution in [-0.2, 0) is 6.42 Å². The molecular weight excluding hydrogens is 288 g/mol. The normalized spacial score (nSPS) is 16.0. The number of nitrogens with two attached hydrogens (primary N) is 3. The molecule has 1 atom stereocenters. The number of nitrogens with one attached hydrogen (secondary N) is 1. The van der Waals surface area contributed by atoms with Gasteiger partial charge in [0.25, 0.3) is 0 Å². The van der Waals surface area contributed by atoms with Crippen LogP contribution in [0, 0.1) is 19.8 Å². The fourth-order valence-corrected chi connectivity index (χ4v) is 2.94. The minimum absolute atomic E-state index is 0.0547. The molecule has 0 spiro atoms. The Hall–Kier alpha value is -2.24. The van der Waals surface area contributed by atoms with E-state index >= 15 is 0 Å². The molecule has 1 aromatic rings. The molecule has 0 bridgehead atoms. The van der Waals surface area contributed by atoms with Crippen LogP contribution in [0.15, 0.2) is 28.3 Å². The second-order valence-corrected chi connectivity index (χ2v) is 6.46. The van der Waals surface area contributed by atoms with E-state index in [-0.39, 0.29) is 18.0 Å². The third-order valence-corrected chi connectivity index (χ3v) is 4.02. The van der Waals surface area contributed by atoms with Gasteiger partial charge in [-0.3, -0.25) is 0 Å². The Morgan fingerprint density at radius 1 is 1.17 bits per heavy atom. The van der Waals surface area contributed by atoms with Gasteiger partial charge in [0.1, 0.15) is 0 Å². The van der Waals surface area contributed by atoms with Gasteiger partial charge in [0, 0.05) is 0 Å². The zero-order chi connectivity index (χ0) is 16.8. The van der Waals surface area contributed by atoms with Gasteiger partial charge in [-0.25, -0.2) is 10.4 Å². The van der Waals surface area contributed by atoms with Crippen molar-refractivity contribution < 1.29 is 0 Å². The molecule has 0 saturated heterocycles. The molecule has 126 valence electrons. The quantitative estimate of drug-likeness (QED) is 0.346. The molecule has 7 N–H and O–H groups in total. The maximum absolute atomic E-state index is 5.83. The summed E-state index contributed by atoms with van der Waals surface area (Å²) in [4.78, 5) is 4.54. The summed E-state index contributed by atoms with van der Waals surface area (Å²) in [5.74, 6) is 0.872.